The molecule has 0 fully saturated rings. The zero-order chi connectivity index (χ0) is 17.8. The van der Waals surface area contributed by atoms with Gasteiger partial charge in [-0.05, 0) is 53.2 Å². The highest BCUT2D eigenvalue weighted by Gasteiger charge is 2.15. The molecule has 6 nitrogen and oxygen atoms in total. The molecule has 1 heterocycles. The zero-order valence-electron chi connectivity index (χ0n) is 13.7. The summed E-state index contributed by atoms with van der Waals surface area (Å²) in [4.78, 5) is 11.2. The first-order valence-electron chi connectivity index (χ1n) is 7.61. The number of nitrogens with one attached hydrogen (secondary N) is 1. The Balaban J connectivity index is 1.84. The number of halogens is 1. The predicted molar refractivity (Wildman–Crippen MR) is 94.1 cm³/mol. The first-order chi connectivity index (χ1) is 12.0. The smallest absolute Gasteiger partial charge is 0.221 e. The molecule has 0 saturated carbocycles. The Morgan fingerprint density at radius 3 is 2.80 bits per heavy atom. The number of benzene rings is 2. The number of hydrogen-bond acceptors (Lipinski definition) is 5. The average molecular weight is 357 g/mol. The van der Waals surface area contributed by atoms with Crippen molar-refractivity contribution in [1.29, 1.82) is 0 Å². The average Bonchev–Trinajstić information content (AvgIpc) is 3.02. The standard InChI is InChI=1S/C17H16FN5OS/c1-11(13-5-3-6-14(18)9-13)25-17-20-21-22-23(17)16-8-4-7-15(10-16)19-12(2)24/h3-11H,1-2H3,(H,19,24). The third-order valence-electron chi connectivity index (χ3n) is 3.45. The summed E-state index contributed by atoms with van der Waals surface area (Å²) in [6, 6.07) is 13.7. The number of aromatic nitrogens is 4. The monoisotopic (exact) mass is 357 g/mol. The highest BCUT2D eigenvalue weighted by molar-refractivity contribution is 7.99. The number of anilines is 1. The van der Waals surface area contributed by atoms with Crippen LogP contribution in [0.15, 0.2) is 53.7 Å². The van der Waals surface area contributed by atoms with Crippen molar-refractivity contribution in [1.82, 2.24) is 20.2 Å². The van der Waals surface area contributed by atoms with Crippen molar-refractivity contribution in [3.63, 3.8) is 0 Å². The largest absolute Gasteiger partial charge is 0.326 e. The van der Waals surface area contributed by atoms with Crippen molar-refractivity contribution in [2.24, 2.45) is 0 Å². The minimum Gasteiger partial charge on any atom is -0.326 e. The molecule has 0 spiro atoms. The lowest BCUT2D eigenvalue weighted by Gasteiger charge is -2.12. The Labute approximate surface area is 148 Å². The van der Waals surface area contributed by atoms with E-state index in [1.54, 1.807) is 22.9 Å². The summed E-state index contributed by atoms with van der Waals surface area (Å²) >= 11 is 1.43. The van der Waals surface area contributed by atoms with Crippen LogP contribution >= 0.6 is 11.8 Å². The number of tetrazole rings is 1. The van der Waals surface area contributed by atoms with Crippen LogP contribution in [0, 0.1) is 5.82 Å². The van der Waals surface area contributed by atoms with Crippen molar-refractivity contribution < 1.29 is 9.18 Å². The first-order valence-corrected chi connectivity index (χ1v) is 8.49. The van der Waals surface area contributed by atoms with Gasteiger partial charge in [0.2, 0.25) is 11.1 Å². The number of carbonyl (C=O) groups excluding carboxylic acids is 1. The molecule has 1 unspecified atom stereocenters. The van der Waals surface area contributed by atoms with E-state index in [-0.39, 0.29) is 17.0 Å². The molecule has 128 valence electrons. The van der Waals surface area contributed by atoms with Gasteiger partial charge in [-0.15, -0.1) is 5.10 Å². The second kappa shape index (κ2) is 7.43. The lowest BCUT2D eigenvalue weighted by Crippen LogP contribution is -2.07. The summed E-state index contributed by atoms with van der Waals surface area (Å²) in [6.07, 6.45) is 0. The molecule has 1 amide bonds. The summed E-state index contributed by atoms with van der Waals surface area (Å²) in [5, 5.41) is 15.1. The van der Waals surface area contributed by atoms with Crippen molar-refractivity contribution in [3.05, 3.63) is 59.9 Å². The lowest BCUT2D eigenvalue weighted by atomic mass is 10.2. The number of nitrogens with zero attached hydrogens (tertiary/aromatic N) is 4. The van der Waals surface area contributed by atoms with Crippen molar-refractivity contribution in [2.45, 2.75) is 24.3 Å². The lowest BCUT2D eigenvalue weighted by molar-refractivity contribution is -0.114. The summed E-state index contributed by atoms with van der Waals surface area (Å²) < 4.78 is 15.0. The van der Waals surface area contributed by atoms with Crippen LogP contribution in [0.1, 0.15) is 24.7 Å². The molecule has 0 aliphatic carbocycles. The van der Waals surface area contributed by atoms with Gasteiger partial charge in [-0.25, -0.2) is 4.39 Å². The molecule has 1 atom stereocenters. The van der Waals surface area contributed by atoms with E-state index in [0.29, 0.717) is 10.8 Å². The zero-order valence-corrected chi connectivity index (χ0v) is 14.5. The molecular weight excluding hydrogens is 341 g/mol. The van der Waals surface area contributed by atoms with Gasteiger partial charge in [0.1, 0.15) is 5.82 Å². The summed E-state index contributed by atoms with van der Waals surface area (Å²) in [7, 11) is 0. The molecule has 2 aromatic carbocycles. The second-order valence-corrected chi connectivity index (χ2v) is 6.73. The predicted octanol–water partition coefficient (Wildman–Crippen LogP) is 3.61. The Hall–Kier alpha value is -2.74. The molecule has 3 aromatic rings. The minimum atomic E-state index is -0.271. The summed E-state index contributed by atoms with van der Waals surface area (Å²) in [5.41, 5.74) is 2.24. The van der Waals surface area contributed by atoms with E-state index in [1.807, 2.05) is 25.1 Å². The topological polar surface area (TPSA) is 72.7 Å². The van der Waals surface area contributed by atoms with Crippen LogP contribution in [0.2, 0.25) is 0 Å². The normalized spacial score (nSPS) is 12.0. The van der Waals surface area contributed by atoms with Gasteiger partial charge >= 0.3 is 0 Å². The van der Waals surface area contributed by atoms with Gasteiger partial charge in [-0.1, -0.05) is 30.0 Å². The molecule has 0 saturated heterocycles. The molecule has 0 aliphatic heterocycles. The van der Waals surface area contributed by atoms with Gasteiger partial charge in [-0.2, -0.15) is 4.68 Å². The summed E-state index contributed by atoms with van der Waals surface area (Å²) in [6.45, 7) is 3.41. The molecule has 3 rings (SSSR count). The Morgan fingerprint density at radius 1 is 1.24 bits per heavy atom. The Morgan fingerprint density at radius 2 is 2.04 bits per heavy atom. The SMILES string of the molecule is CC(=O)Nc1cccc(-n2nnnc2SC(C)c2cccc(F)c2)c1. The van der Waals surface area contributed by atoms with Gasteiger partial charge in [0.15, 0.2) is 0 Å². The highest BCUT2D eigenvalue weighted by atomic mass is 32.2. The van der Waals surface area contributed by atoms with E-state index in [0.717, 1.165) is 11.3 Å². The van der Waals surface area contributed by atoms with E-state index in [4.69, 9.17) is 0 Å². The Kier molecular flexibility index (Phi) is 5.08. The number of hydrogen-bond donors (Lipinski definition) is 1. The van der Waals surface area contributed by atoms with Gasteiger partial charge < -0.3 is 5.32 Å². The number of thioether (sulfide) groups is 1. The van der Waals surface area contributed by atoms with E-state index < -0.39 is 0 Å². The van der Waals surface area contributed by atoms with Crippen LogP contribution in [0.5, 0.6) is 0 Å². The second-order valence-electron chi connectivity index (χ2n) is 5.42. The highest BCUT2D eigenvalue weighted by Crippen LogP contribution is 2.34. The Bertz CT molecular complexity index is 898. The van der Waals surface area contributed by atoms with Gasteiger partial charge in [0, 0.05) is 17.9 Å². The van der Waals surface area contributed by atoms with Crippen LogP contribution in [-0.4, -0.2) is 26.1 Å². The number of rotatable bonds is 5. The molecule has 0 bridgehead atoms. The number of carbonyl (C=O) groups is 1. The molecular formula is C17H16FN5OS. The molecule has 8 heteroatoms. The quantitative estimate of drug-likeness (QED) is 0.706. The molecule has 0 aliphatic rings. The molecule has 0 radical (unpaired) electrons. The van der Waals surface area contributed by atoms with Crippen molar-refractivity contribution in [2.75, 3.05) is 5.32 Å². The first kappa shape index (κ1) is 17.1. The molecule has 1 N–H and O–H groups in total. The fourth-order valence-corrected chi connectivity index (χ4v) is 3.24. The number of amides is 1. The van der Waals surface area contributed by atoms with Gasteiger partial charge in [0.25, 0.3) is 0 Å². The van der Waals surface area contributed by atoms with E-state index in [2.05, 4.69) is 20.8 Å². The molecule has 25 heavy (non-hydrogen) atoms. The van der Waals surface area contributed by atoms with Gasteiger partial charge in [-0.3, -0.25) is 4.79 Å². The van der Waals surface area contributed by atoms with E-state index in [9.17, 15) is 9.18 Å². The van der Waals surface area contributed by atoms with Crippen LogP contribution in [0.25, 0.3) is 5.69 Å². The maximum Gasteiger partial charge on any atom is 0.221 e. The third kappa shape index (κ3) is 4.21. The minimum absolute atomic E-state index is 0.0287. The van der Waals surface area contributed by atoms with Crippen molar-refractivity contribution in [3.8, 4) is 5.69 Å². The maximum absolute atomic E-state index is 13.4. The maximum atomic E-state index is 13.4. The summed E-state index contributed by atoms with van der Waals surface area (Å²) in [5.74, 6) is -0.421. The van der Waals surface area contributed by atoms with Crippen LogP contribution in [-0.2, 0) is 4.79 Å². The van der Waals surface area contributed by atoms with Crippen LogP contribution < -0.4 is 5.32 Å². The van der Waals surface area contributed by atoms with E-state index in [1.165, 1.54) is 30.8 Å². The van der Waals surface area contributed by atoms with E-state index >= 15 is 0 Å². The fraction of sp³-hybridized carbons (Fsp3) is 0.176. The van der Waals surface area contributed by atoms with Crippen LogP contribution in [0.4, 0.5) is 10.1 Å². The fourth-order valence-electron chi connectivity index (χ4n) is 2.32. The van der Waals surface area contributed by atoms with Crippen LogP contribution in [0.3, 0.4) is 0 Å². The molecule has 1 aromatic heterocycles. The van der Waals surface area contributed by atoms with Gasteiger partial charge in [0.05, 0.1) is 5.69 Å². The van der Waals surface area contributed by atoms with Crippen molar-refractivity contribution >= 4 is 23.4 Å². The third-order valence-corrected chi connectivity index (χ3v) is 4.54.